The number of hydrogen-bond acceptors (Lipinski definition) is 4. The Morgan fingerprint density at radius 3 is 2.47 bits per heavy atom. The topological polar surface area (TPSA) is 105 Å². The fraction of sp³-hybridized carbons (Fsp3) is 0.417. The maximum absolute atomic E-state index is 12.1. The Kier molecular flexibility index (Phi) is 5.31. The molecule has 1 unspecified atom stereocenters. The van der Waals surface area contributed by atoms with Crippen LogP contribution in [0.1, 0.15) is 25.3 Å². The molecule has 0 saturated carbocycles. The molecule has 0 aliphatic carbocycles. The number of hydrogen-bond donors (Lipinski definition) is 3. The van der Waals surface area contributed by atoms with Gasteiger partial charge in [-0.05, 0) is 25.5 Å². The average Bonchev–Trinajstić information content (AvgIpc) is 2.37. The van der Waals surface area contributed by atoms with Crippen molar-refractivity contribution in [1.82, 2.24) is 4.72 Å². The third kappa shape index (κ3) is 4.22. The fourth-order valence-electron chi connectivity index (χ4n) is 1.60. The Labute approximate surface area is 113 Å². The van der Waals surface area contributed by atoms with Crippen molar-refractivity contribution >= 4 is 15.9 Å². The van der Waals surface area contributed by atoms with Crippen molar-refractivity contribution in [2.24, 2.45) is 10.9 Å². The van der Waals surface area contributed by atoms with Crippen LogP contribution in [0.4, 0.5) is 0 Å². The molecule has 0 heterocycles. The summed E-state index contributed by atoms with van der Waals surface area (Å²) in [6.07, 6.45) is 1.16. The summed E-state index contributed by atoms with van der Waals surface area (Å²) in [7, 11) is -3.68. The lowest BCUT2D eigenvalue weighted by atomic mass is 10.2. The summed E-state index contributed by atoms with van der Waals surface area (Å²) in [5.74, 6) is -0.141. The van der Waals surface area contributed by atoms with Crippen LogP contribution in [0.5, 0.6) is 0 Å². The molecule has 106 valence electrons. The number of aryl methyl sites for hydroxylation is 1. The molecule has 1 aromatic rings. The smallest absolute Gasteiger partial charge is 0.241 e. The summed E-state index contributed by atoms with van der Waals surface area (Å²) in [5.41, 5.74) is 6.46. The zero-order valence-electron chi connectivity index (χ0n) is 11.0. The van der Waals surface area contributed by atoms with Crippen LogP contribution in [0.3, 0.4) is 0 Å². The first-order valence-corrected chi connectivity index (χ1v) is 7.45. The summed E-state index contributed by atoms with van der Waals surface area (Å²) in [6.45, 7) is 3.76. The number of oxime groups is 1. The van der Waals surface area contributed by atoms with Gasteiger partial charge in [0.15, 0.2) is 5.84 Å². The molecule has 0 amide bonds. The highest BCUT2D eigenvalue weighted by Crippen LogP contribution is 2.11. The van der Waals surface area contributed by atoms with E-state index < -0.39 is 16.1 Å². The van der Waals surface area contributed by atoms with Crippen LogP contribution in [-0.4, -0.2) is 25.5 Å². The predicted octanol–water partition coefficient (Wildman–Crippen LogP) is 1.19. The maximum atomic E-state index is 12.1. The lowest BCUT2D eigenvalue weighted by molar-refractivity contribution is 0.315. The van der Waals surface area contributed by atoms with Crippen molar-refractivity contribution in [3.63, 3.8) is 0 Å². The summed E-state index contributed by atoms with van der Waals surface area (Å²) < 4.78 is 26.7. The van der Waals surface area contributed by atoms with Crippen LogP contribution in [0.2, 0.25) is 0 Å². The van der Waals surface area contributed by atoms with Gasteiger partial charge in [0.25, 0.3) is 0 Å². The molecule has 1 aromatic carbocycles. The van der Waals surface area contributed by atoms with E-state index in [9.17, 15) is 8.42 Å². The summed E-state index contributed by atoms with van der Waals surface area (Å²) in [6, 6.07) is 5.76. The number of nitrogens with two attached hydrogens (primary N) is 1. The van der Waals surface area contributed by atoms with Crippen LogP contribution in [0, 0.1) is 6.92 Å². The predicted molar refractivity (Wildman–Crippen MR) is 73.6 cm³/mol. The van der Waals surface area contributed by atoms with E-state index in [-0.39, 0.29) is 10.7 Å². The van der Waals surface area contributed by atoms with E-state index in [1.54, 1.807) is 12.1 Å². The van der Waals surface area contributed by atoms with Crippen LogP contribution in [0.15, 0.2) is 34.3 Å². The lowest BCUT2D eigenvalue weighted by Crippen LogP contribution is -2.44. The molecule has 0 aliphatic heterocycles. The van der Waals surface area contributed by atoms with Crippen molar-refractivity contribution in [3.8, 4) is 0 Å². The minimum atomic E-state index is -3.68. The minimum Gasteiger partial charge on any atom is -0.409 e. The van der Waals surface area contributed by atoms with Crippen LogP contribution in [0.25, 0.3) is 0 Å². The quantitative estimate of drug-likeness (QED) is 0.316. The highest BCUT2D eigenvalue weighted by Gasteiger charge is 2.22. The zero-order chi connectivity index (χ0) is 14.5. The molecule has 0 fully saturated rings. The van der Waals surface area contributed by atoms with E-state index in [2.05, 4.69) is 9.88 Å². The number of benzene rings is 1. The van der Waals surface area contributed by atoms with Gasteiger partial charge in [-0.15, -0.1) is 0 Å². The second kappa shape index (κ2) is 6.53. The molecule has 0 spiro atoms. The third-order valence-corrected chi connectivity index (χ3v) is 4.17. The van der Waals surface area contributed by atoms with Gasteiger partial charge in [0, 0.05) is 0 Å². The highest BCUT2D eigenvalue weighted by molar-refractivity contribution is 7.89. The van der Waals surface area contributed by atoms with Crippen molar-refractivity contribution in [2.75, 3.05) is 0 Å². The molecule has 0 aromatic heterocycles. The van der Waals surface area contributed by atoms with Gasteiger partial charge in [0.05, 0.1) is 10.9 Å². The molecule has 0 radical (unpaired) electrons. The van der Waals surface area contributed by atoms with E-state index in [4.69, 9.17) is 10.9 Å². The molecule has 7 heteroatoms. The number of nitrogens with one attached hydrogen (secondary N) is 1. The van der Waals surface area contributed by atoms with Gasteiger partial charge in [-0.3, -0.25) is 0 Å². The van der Waals surface area contributed by atoms with E-state index in [1.165, 1.54) is 12.1 Å². The van der Waals surface area contributed by atoms with Gasteiger partial charge < -0.3 is 10.9 Å². The maximum Gasteiger partial charge on any atom is 0.241 e. The molecule has 6 nitrogen and oxygen atoms in total. The zero-order valence-corrected chi connectivity index (χ0v) is 11.8. The van der Waals surface area contributed by atoms with E-state index in [0.29, 0.717) is 12.8 Å². The third-order valence-electron chi connectivity index (χ3n) is 2.68. The minimum absolute atomic E-state index is 0.141. The van der Waals surface area contributed by atoms with Gasteiger partial charge in [0.1, 0.15) is 0 Å². The normalized spacial score (nSPS) is 14.3. The summed E-state index contributed by atoms with van der Waals surface area (Å²) in [5, 5.41) is 11.5. The monoisotopic (exact) mass is 285 g/mol. The molecule has 19 heavy (non-hydrogen) atoms. The van der Waals surface area contributed by atoms with Crippen molar-refractivity contribution in [1.29, 1.82) is 0 Å². The first-order chi connectivity index (χ1) is 8.90. The van der Waals surface area contributed by atoms with E-state index >= 15 is 0 Å². The standard InChI is InChI=1S/C12H19N3O3S/c1-3-4-11(12(13)14-16)15-19(17,18)10-7-5-9(2)6-8-10/h5-8,11,15-16H,3-4H2,1-2H3,(H2,13,14). The Bertz CT molecular complexity index is 538. The Morgan fingerprint density at radius 2 is 2.00 bits per heavy atom. The molecular formula is C12H19N3O3S. The first kappa shape index (κ1) is 15.5. The Hall–Kier alpha value is -1.60. The number of nitrogens with zero attached hydrogens (tertiary/aromatic N) is 1. The molecule has 4 N–H and O–H groups in total. The first-order valence-electron chi connectivity index (χ1n) is 5.97. The van der Waals surface area contributed by atoms with Crippen molar-refractivity contribution < 1.29 is 13.6 Å². The molecule has 1 atom stereocenters. The Morgan fingerprint density at radius 1 is 1.42 bits per heavy atom. The van der Waals surface area contributed by atoms with Gasteiger partial charge in [-0.25, -0.2) is 13.1 Å². The molecule has 0 bridgehead atoms. The molecular weight excluding hydrogens is 266 g/mol. The largest absolute Gasteiger partial charge is 0.409 e. The highest BCUT2D eigenvalue weighted by atomic mass is 32.2. The summed E-state index contributed by atoms with van der Waals surface area (Å²) in [4.78, 5) is 0.157. The van der Waals surface area contributed by atoms with Gasteiger partial charge in [0.2, 0.25) is 10.0 Å². The average molecular weight is 285 g/mol. The number of rotatable bonds is 6. The van der Waals surface area contributed by atoms with Crippen LogP contribution in [-0.2, 0) is 10.0 Å². The van der Waals surface area contributed by atoms with E-state index in [1.807, 2.05) is 13.8 Å². The second-order valence-electron chi connectivity index (χ2n) is 4.30. The van der Waals surface area contributed by atoms with Gasteiger partial charge in [-0.2, -0.15) is 0 Å². The van der Waals surface area contributed by atoms with Crippen molar-refractivity contribution in [2.45, 2.75) is 37.6 Å². The second-order valence-corrected chi connectivity index (χ2v) is 6.01. The Balaban J connectivity index is 2.97. The van der Waals surface area contributed by atoms with E-state index in [0.717, 1.165) is 5.56 Å². The van der Waals surface area contributed by atoms with Crippen LogP contribution >= 0.6 is 0 Å². The molecule has 1 rings (SSSR count). The number of amidine groups is 1. The molecule has 0 aliphatic rings. The summed E-state index contributed by atoms with van der Waals surface area (Å²) >= 11 is 0. The van der Waals surface area contributed by atoms with Gasteiger partial charge >= 0.3 is 0 Å². The van der Waals surface area contributed by atoms with Crippen LogP contribution < -0.4 is 10.5 Å². The van der Waals surface area contributed by atoms with Crippen molar-refractivity contribution in [3.05, 3.63) is 29.8 Å². The fourth-order valence-corrected chi connectivity index (χ4v) is 2.84. The van der Waals surface area contributed by atoms with Gasteiger partial charge in [-0.1, -0.05) is 36.2 Å². The number of sulfonamides is 1. The SMILES string of the molecule is CCCC(NS(=O)(=O)c1ccc(C)cc1)/C(N)=N/O. The molecule has 0 saturated heterocycles. The lowest BCUT2D eigenvalue weighted by Gasteiger charge is -2.16.